The fourth-order valence-electron chi connectivity index (χ4n) is 0.782. The summed E-state index contributed by atoms with van der Waals surface area (Å²) in [5.74, 6) is -0.336. The van der Waals surface area contributed by atoms with E-state index in [1.165, 1.54) is 16.9 Å². The van der Waals surface area contributed by atoms with Crippen LogP contribution in [0.3, 0.4) is 0 Å². The first-order chi connectivity index (χ1) is 6.72. The van der Waals surface area contributed by atoms with E-state index in [0.29, 0.717) is 0 Å². The Balaban J connectivity index is 2.98. The fraction of sp³-hybridized carbons (Fsp3) is 0.143. The molecule has 0 aromatic heterocycles. The highest BCUT2D eigenvalue weighted by atomic mass is 32.2. The van der Waals surface area contributed by atoms with Gasteiger partial charge in [0.1, 0.15) is 5.75 Å². The van der Waals surface area contributed by atoms with E-state index in [1.54, 1.807) is 0 Å². The van der Waals surface area contributed by atoms with Gasteiger partial charge in [-0.15, -0.1) is 0 Å². The van der Waals surface area contributed by atoms with E-state index >= 15 is 0 Å². The minimum absolute atomic E-state index is 0.336. The molecule has 8 heteroatoms. The van der Waals surface area contributed by atoms with Crippen LogP contribution in [0, 0.1) is 0 Å². The van der Waals surface area contributed by atoms with Gasteiger partial charge in [0.05, 0.1) is 5.69 Å². The third-order valence-electron chi connectivity index (χ3n) is 1.40. The number of benzene rings is 1. The molecule has 0 saturated heterocycles. The molecule has 4 nitrogen and oxygen atoms in total. The number of aromatic hydroxyl groups is 1. The van der Waals surface area contributed by atoms with E-state index in [1.807, 2.05) is 0 Å². The van der Waals surface area contributed by atoms with Gasteiger partial charge in [0, 0.05) is 6.07 Å². The summed E-state index contributed by atoms with van der Waals surface area (Å²) < 4.78 is 58.2. The van der Waals surface area contributed by atoms with Crippen molar-refractivity contribution in [2.45, 2.75) is 5.51 Å². The Bertz CT molecular complexity index is 455. The van der Waals surface area contributed by atoms with Crippen molar-refractivity contribution in [2.75, 3.05) is 4.72 Å². The first-order valence-corrected chi connectivity index (χ1v) is 5.09. The molecule has 0 aliphatic rings. The number of alkyl halides is 3. The minimum atomic E-state index is -5.43. The Morgan fingerprint density at radius 3 is 2.33 bits per heavy atom. The predicted molar refractivity (Wildman–Crippen MR) is 46.7 cm³/mol. The van der Waals surface area contributed by atoms with E-state index in [2.05, 4.69) is 0 Å². The zero-order valence-corrected chi connectivity index (χ0v) is 7.93. The summed E-state index contributed by atoms with van der Waals surface area (Å²) in [6.45, 7) is 0. The lowest BCUT2D eigenvalue weighted by molar-refractivity contribution is -0.0429. The van der Waals surface area contributed by atoms with Crippen LogP contribution in [-0.4, -0.2) is 19.0 Å². The molecule has 0 aliphatic heterocycles. The van der Waals surface area contributed by atoms with Crippen molar-refractivity contribution in [1.29, 1.82) is 0 Å². The van der Waals surface area contributed by atoms with Crippen LogP contribution in [0.25, 0.3) is 0 Å². The highest BCUT2D eigenvalue weighted by molar-refractivity contribution is 7.93. The van der Waals surface area contributed by atoms with Gasteiger partial charge in [-0.05, 0) is 12.1 Å². The molecule has 0 radical (unpaired) electrons. The summed E-state index contributed by atoms with van der Waals surface area (Å²) in [5, 5.41) is 8.90. The highest BCUT2D eigenvalue weighted by Gasteiger charge is 2.46. The van der Waals surface area contributed by atoms with Gasteiger partial charge in [-0.2, -0.15) is 21.6 Å². The van der Waals surface area contributed by atoms with Crippen LogP contribution in [0.15, 0.2) is 24.3 Å². The molecule has 1 aromatic rings. The van der Waals surface area contributed by atoms with Gasteiger partial charge >= 0.3 is 15.5 Å². The van der Waals surface area contributed by atoms with Crippen molar-refractivity contribution in [3.63, 3.8) is 0 Å². The SMILES string of the molecule is O=S(=O)(Nc1cccc(O)c1)C(F)(F)F. The number of nitrogens with one attached hydrogen (secondary N) is 1. The molecule has 15 heavy (non-hydrogen) atoms. The second-order valence-corrected chi connectivity index (χ2v) is 4.28. The predicted octanol–water partition coefficient (Wildman–Crippen LogP) is 1.65. The summed E-state index contributed by atoms with van der Waals surface area (Å²) in [5.41, 5.74) is -5.73. The van der Waals surface area contributed by atoms with Gasteiger partial charge in [-0.3, -0.25) is 4.72 Å². The number of hydrogen-bond acceptors (Lipinski definition) is 3. The maximum atomic E-state index is 11.9. The van der Waals surface area contributed by atoms with Gasteiger partial charge in [0.2, 0.25) is 0 Å². The summed E-state index contributed by atoms with van der Waals surface area (Å²) in [7, 11) is -5.43. The Hall–Kier alpha value is -1.44. The molecule has 0 aliphatic carbocycles. The standard InChI is InChI=1S/C7H6F3NO3S/c8-7(9,10)15(13,14)11-5-2-1-3-6(12)4-5/h1-4,11-12H. The van der Waals surface area contributed by atoms with Crippen LogP contribution in [0.4, 0.5) is 18.9 Å². The molecule has 0 bridgehead atoms. The number of phenolic OH excluding ortho intramolecular Hbond substituents is 1. The molecule has 1 rings (SSSR count). The third kappa shape index (κ3) is 2.75. The quantitative estimate of drug-likeness (QED) is 0.827. The topological polar surface area (TPSA) is 66.4 Å². The summed E-state index contributed by atoms with van der Waals surface area (Å²) >= 11 is 0. The average Bonchev–Trinajstić information content (AvgIpc) is 2.00. The average molecular weight is 241 g/mol. The van der Waals surface area contributed by atoms with Crippen LogP contribution < -0.4 is 4.72 Å². The largest absolute Gasteiger partial charge is 0.516 e. The van der Waals surface area contributed by atoms with Crippen LogP contribution in [0.5, 0.6) is 5.75 Å². The van der Waals surface area contributed by atoms with Gasteiger partial charge in [-0.25, -0.2) is 0 Å². The van der Waals surface area contributed by atoms with Crippen molar-refractivity contribution in [3.8, 4) is 5.75 Å². The smallest absolute Gasteiger partial charge is 0.508 e. The van der Waals surface area contributed by atoms with Gasteiger partial charge in [0.15, 0.2) is 0 Å². The zero-order valence-electron chi connectivity index (χ0n) is 7.12. The Morgan fingerprint density at radius 1 is 1.27 bits per heavy atom. The molecule has 0 heterocycles. The first-order valence-electron chi connectivity index (χ1n) is 3.60. The number of sulfonamides is 1. The van der Waals surface area contributed by atoms with E-state index in [4.69, 9.17) is 5.11 Å². The summed E-state index contributed by atoms with van der Waals surface area (Å²) in [6, 6.07) is 4.36. The number of phenols is 1. The molecule has 84 valence electrons. The lowest BCUT2D eigenvalue weighted by atomic mass is 10.3. The molecule has 0 amide bonds. The molecule has 1 aromatic carbocycles. The number of hydrogen-bond donors (Lipinski definition) is 2. The van der Waals surface area contributed by atoms with Crippen LogP contribution in [0.1, 0.15) is 0 Å². The monoisotopic (exact) mass is 241 g/mol. The van der Waals surface area contributed by atoms with E-state index in [9.17, 15) is 21.6 Å². The number of rotatable bonds is 2. The van der Waals surface area contributed by atoms with E-state index in [0.717, 1.165) is 12.1 Å². The zero-order chi connectivity index (χ0) is 11.7. The second-order valence-electron chi connectivity index (χ2n) is 2.60. The van der Waals surface area contributed by atoms with E-state index in [-0.39, 0.29) is 11.4 Å². The lowest BCUT2D eigenvalue weighted by Gasteiger charge is -2.10. The second kappa shape index (κ2) is 3.61. The molecular formula is C7H6F3NO3S. The van der Waals surface area contributed by atoms with Crippen molar-refractivity contribution >= 4 is 15.7 Å². The van der Waals surface area contributed by atoms with E-state index < -0.39 is 15.5 Å². The van der Waals surface area contributed by atoms with Gasteiger partial charge in [0.25, 0.3) is 0 Å². The highest BCUT2D eigenvalue weighted by Crippen LogP contribution is 2.26. The van der Waals surface area contributed by atoms with Crippen LogP contribution in [-0.2, 0) is 10.0 Å². The summed E-state index contributed by atoms with van der Waals surface area (Å²) in [6.07, 6.45) is 0. The van der Waals surface area contributed by atoms with Crippen LogP contribution in [0.2, 0.25) is 0 Å². The first kappa shape index (κ1) is 11.6. The number of halogens is 3. The molecule has 2 N–H and O–H groups in total. The van der Waals surface area contributed by atoms with Crippen molar-refractivity contribution in [1.82, 2.24) is 0 Å². The summed E-state index contributed by atoms with van der Waals surface area (Å²) in [4.78, 5) is 0. The van der Waals surface area contributed by atoms with Crippen molar-refractivity contribution in [2.24, 2.45) is 0 Å². The molecule has 0 unspecified atom stereocenters. The lowest BCUT2D eigenvalue weighted by Crippen LogP contribution is -2.29. The maximum absolute atomic E-state index is 11.9. The van der Waals surface area contributed by atoms with Gasteiger partial charge < -0.3 is 5.11 Å². The Labute approximate surface area is 83.4 Å². The molecule has 0 saturated carbocycles. The van der Waals surface area contributed by atoms with Crippen molar-refractivity contribution < 1.29 is 26.7 Å². The Morgan fingerprint density at radius 2 is 1.87 bits per heavy atom. The Kier molecular flexibility index (Phi) is 2.80. The maximum Gasteiger partial charge on any atom is 0.516 e. The fourth-order valence-corrected chi connectivity index (χ4v) is 1.34. The van der Waals surface area contributed by atoms with Crippen LogP contribution >= 0.6 is 0 Å². The molecular weight excluding hydrogens is 235 g/mol. The molecule has 0 fully saturated rings. The minimum Gasteiger partial charge on any atom is -0.508 e. The third-order valence-corrected chi connectivity index (χ3v) is 2.52. The van der Waals surface area contributed by atoms with Gasteiger partial charge in [-0.1, -0.05) is 6.07 Å². The molecule has 0 atom stereocenters. The van der Waals surface area contributed by atoms with Crippen molar-refractivity contribution in [3.05, 3.63) is 24.3 Å². The molecule has 0 spiro atoms. The normalized spacial score (nSPS) is 12.5. The number of anilines is 1.